The molecule has 0 atom stereocenters. The van der Waals surface area contributed by atoms with E-state index < -0.39 is 10.0 Å². The molecule has 0 radical (unpaired) electrons. The lowest BCUT2D eigenvalue weighted by molar-refractivity contribution is -0.114. The summed E-state index contributed by atoms with van der Waals surface area (Å²) in [6.07, 6.45) is 0. The van der Waals surface area contributed by atoms with Crippen LogP contribution in [0.1, 0.15) is 20.8 Å². The fourth-order valence-electron chi connectivity index (χ4n) is 2.92. The Morgan fingerprint density at radius 3 is 2.33 bits per heavy atom. The Balaban J connectivity index is 2.18. The van der Waals surface area contributed by atoms with Crippen molar-refractivity contribution in [3.63, 3.8) is 0 Å². The fraction of sp³-hybridized carbons (Fsp3) is 0.381. The van der Waals surface area contributed by atoms with Gasteiger partial charge in [-0.2, -0.15) is 4.31 Å². The Morgan fingerprint density at radius 1 is 1.00 bits per heavy atom. The molecule has 2 aromatic rings. The van der Waals surface area contributed by atoms with E-state index in [1.54, 1.807) is 13.8 Å². The molecule has 2 N–H and O–H groups in total. The molecule has 8 nitrogen and oxygen atoms in total. The van der Waals surface area contributed by atoms with Gasteiger partial charge in [-0.25, -0.2) is 8.42 Å². The van der Waals surface area contributed by atoms with Gasteiger partial charge in [0.25, 0.3) is 0 Å². The Kier molecular flexibility index (Phi) is 8.49. The van der Waals surface area contributed by atoms with Crippen LogP contribution in [0.5, 0.6) is 11.5 Å². The zero-order chi connectivity index (χ0) is 22.1. The first kappa shape index (κ1) is 23.5. The van der Waals surface area contributed by atoms with Crippen molar-refractivity contribution in [1.29, 1.82) is 0 Å². The number of hydrogen-bond donors (Lipinski definition) is 2. The maximum absolute atomic E-state index is 12.8. The molecule has 0 saturated carbocycles. The highest BCUT2D eigenvalue weighted by Crippen LogP contribution is 2.29. The zero-order valence-corrected chi connectivity index (χ0v) is 18.6. The molecule has 0 aliphatic rings. The van der Waals surface area contributed by atoms with Gasteiger partial charge in [-0.15, -0.1) is 0 Å². The molecule has 0 unspecified atom stereocenters. The lowest BCUT2D eigenvalue weighted by atomic mass is 10.2. The van der Waals surface area contributed by atoms with E-state index in [4.69, 9.17) is 9.47 Å². The third-order valence-electron chi connectivity index (χ3n) is 4.41. The molecule has 2 rings (SSSR count). The van der Waals surface area contributed by atoms with Gasteiger partial charge in [0.15, 0.2) is 0 Å². The minimum Gasteiger partial charge on any atom is -0.495 e. The first-order valence-electron chi connectivity index (χ1n) is 9.81. The van der Waals surface area contributed by atoms with Gasteiger partial charge in [0.2, 0.25) is 15.9 Å². The molecule has 9 heteroatoms. The molecule has 0 aliphatic carbocycles. The number of hydrogen-bond acceptors (Lipinski definition) is 6. The fourth-order valence-corrected chi connectivity index (χ4v) is 4.41. The Bertz CT molecular complexity index is 959. The van der Waals surface area contributed by atoms with Crippen molar-refractivity contribution in [2.24, 2.45) is 0 Å². The molecule has 1 amide bonds. The number of anilines is 2. The van der Waals surface area contributed by atoms with E-state index in [2.05, 4.69) is 10.6 Å². The van der Waals surface area contributed by atoms with Crippen molar-refractivity contribution in [1.82, 2.24) is 4.31 Å². The van der Waals surface area contributed by atoms with E-state index in [1.165, 1.54) is 29.6 Å². The predicted octanol–water partition coefficient (Wildman–Crippen LogP) is 3.18. The van der Waals surface area contributed by atoms with Gasteiger partial charge in [0.1, 0.15) is 11.5 Å². The van der Waals surface area contributed by atoms with Crippen LogP contribution in [0.15, 0.2) is 47.4 Å². The summed E-state index contributed by atoms with van der Waals surface area (Å²) in [5.74, 6) is 0.672. The third-order valence-corrected chi connectivity index (χ3v) is 6.46. The van der Waals surface area contributed by atoms with E-state index in [0.717, 1.165) is 0 Å². The van der Waals surface area contributed by atoms with Gasteiger partial charge in [-0.3, -0.25) is 4.79 Å². The van der Waals surface area contributed by atoms with Gasteiger partial charge in [0.05, 0.1) is 36.5 Å². The summed E-state index contributed by atoms with van der Waals surface area (Å²) in [7, 11) is -2.20. The number of amides is 1. The minimum absolute atomic E-state index is 0.0275. The number of benzene rings is 2. The Labute approximate surface area is 178 Å². The molecule has 0 aliphatic heterocycles. The van der Waals surface area contributed by atoms with Crippen LogP contribution in [0.3, 0.4) is 0 Å². The first-order valence-corrected chi connectivity index (χ1v) is 11.2. The highest BCUT2D eigenvalue weighted by molar-refractivity contribution is 7.89. The van der Waals surface area contributed by atoms with E-state index in [0.29, 0.717) is 36.9 Å². The predicted molar refractivity (Wildman–Crippen MR) is 118 cm³/mol. The summed E-state index contributed by atoms with van der Waals surface area (Å²) in [6.45, 7) is 6.63. The molecule has 0 spiro atoms. The number of rotatable bonds is 11. The number of nitrogens with one attached hydrogen (secondary N) is 2. The van der Waals surface area contributed by atoms with E-state index in [-0.39, 0.29) is 23.0 Å². The van der Waals surface area contributed by atoms with Crippen molar-refractivity contribution >= 4 is 27.3 Å². The summed E-state index contributed by atoms with van der Waals surface area (Å²) < 4.78 is 37.7. The number of sulfonamides is 1. The van der Waals surface area contributed by atoms with Gasteiger partial charge < -0.3 is 20.1 Å². The molecule has 0 heterocycles. The zero-order valence-electron chi connectivity index (χ0n) is 17.8. The van der Waals surface area contributed by atoms with Crippen LogP contribution >= 0.6 is 0 Å². The SMILES string of the molecule is CCOc1ccccc1NCC(=O)Nc1cc(S(=O)(=O)N(CC)CC)ccc1OC. The summed E-state index contributed by atoms with van der Waals surface area (Å²) in [6, 6.07) is 11.7. The number of nitrogens with zero attached hydrogens (tertiary/aromatic N) is 1. The van der Waals surface area contributed by atoms with Crippen LogP contribution in [-0.4, -0.2) is 52.0 Å². The molecule has 0 saturated heterocycles. The average Bonchev–Trinajstić information content (AvgIpc) is 2.74. The lowest BCUT2D eigenvalue weighted by Gasteiger charge is -2.20. The largest absolute Gasteiger partial charge is 0.495 e. The number of ether oxygens (including phenoxy) is 2. The van der Waals surface area contributed by atoms with Crippen molar-refractivity contribution in [3.05, 3.63) is 42.5 Å². The monoisotopic (exact) mass is 435 g/mol. The van der Waals surface area contributed by atoms with Gasteiger partial charge in [-0.05, 0) is 37.3 Å². The van der Waals surface area contributed by atoms with Crippen LogP contribution in [0.4, 0.5) is 11.4 Å². The highest BCUT2D eigenvalue weighted by Gasteiger charge is 2.23. The van der Waals surface area contributed by atoms with Crippen LogP contribution < -0.4 is 20.1 Å². The van der Waals surface area contributed by atoms with Crippen molar-refractivity contribution in [2.45, 2.75) is 25.7 Å². The summed E-state index contributed by atoms with van der Waals surface area (Å²) >= 11 is 0. The first-order chi connectivity index (χ1) is 14.4. The second-order valence-corrected chi connectivity index (χ2v) is 8.22. The smallest absolute Gasteiger partial charge is 0.243 e. The number of para-hydroxylation sites is 2. The van der Waals surface area contributed by atoms with Crippen molar-refractivity contribution < 1.29 is 22.7 Å². The maximum atomic E-state index is 12.8. The lowest BCUT2D eigenvalue weighted by Crippen LogP contribution is -2.30. The Hall–Kier alpha value is -2.78. The van der Waals surface area contributed by atoms with Crippen LogP contribution in [0, 0.1) is 0 Å². The maximum Gasteiger partial charge on any atom is 0.243 e. The van der Waals surface area contributed by atoms with Gasteiger partial charge >= 0.3 is 0 Å². The topological polar surface area (TPSA) is 97.0 Å². The second-order valence-electron chi connectivity index (χ2n) is 6.28. The summed E-state index contributed by atoms with van der Waals surface area (Å²) in [5.41, 5.74) is 0.981. The molecule has 2 aromatic carbocycles. The van der Waals surface area contributed by atoms with Gasteiger partial charge in [-0.1, -0.05) is 26.0 Å². The van der Waals surface area contributed by atoms with E-state index >= 15 is 0 Å². The standard InChI is InChI=1S/C21H29N3O5S/c1-5-24(6-2)30(26,27)16-12-13-19(28-4)18(14-16)23-21(25)15-22-17-10-8-9-11-20(17)29-7-3/h8-14,22H,5-7,15H2,1-4H3,(H,23,25). The molecular weight excluding hydrogens is 406 g/mol. The van der Waals surface area contributed by atoms with Gasteiger partial charge in [0, 0.05) is 13.1 Å². The highest BCUT2D eigenvalue weighted by atomic mass is 32.2. The second kappa shape index (κ2) is 10.8. The quantitative estimate of drug-likeness (QED) is 0.563. The van der Waals surface area contributed by atoms with Crippen LogP contribution in [-0.2, 0) is 14.8 Å². The van der Waals surface area contributed by atoms with E-state index in [9.17, 15) is 13.2 Å². The van der Waals surface area contributed by atoms with Crippen LogP contribution in [0.25, 0.3) is 0 Å². The molecule has 30 heavy (non-hydrogen) atoms. The minimum atomic E-state index is -3.66. The Morgan fingerprint density at radius 2 is 1.70 bits per heavy atom. The third kappa shape index (κ3) is 5.64. The molecular formula is C21H29N3O5S. The number of methoxy groups -OCH3 is 1. The van der Waals surface area contributed by atoms with Crippen molar-refractivity contribution in [2.75, 3.05) is 44.0 Å². The number of carbonyl (C=O) groups excluding carboxylic acids is 1. The summed E-state index contributed by atoms with van der Waals surface area (Å²) in [4.78, 5) is 12.6. The molecule has 0 aromatic heterocycles. The summed E-state index contributed by atoms with van der Waals surface area (Å²) in [5, 5.41) is 5.75. The average molecular weight is 436 g/mol. The van der Waals surface area contributed by atoms with E-state index in [1.807, 2.05) is 31.2 Å². The van der Waals surface area contributed by atoms with Crippen molar-refractivity contribution in [3.8, 4) is 11.5 Å². The molecule has 0 fully saturated rings. The molecule has 164 valence electrons. The number of carbonyl (C=O) groups is 1. The van der Waals surface area contributed by atoms with Crippen LogP contribution in [0.2, 0.25) is 0 Å². The normalized spacial score (nSPS) is 11.2. The molecule has 0 bridgehead atoms.